The number of anilines is 2. The van der Waals surface area contributed by atoms with Crippen LogP contribution in [0, 0.1) is 5.92 Å². The summed E-state index contributed by atoms with van der Waals surface area (Å²) in [5, 5.41) is 3.02. The van der Waals surface area contributed by atoms with Crippen LogP contribution in [0.1, 0.15) is 13.3 Å². The lowest BCUT2D eigenvalue weighted by Gasteiger charge is -2.34. The van der Waals surface area contributed by atoms with Crippen LogP contribution in [-0.2, 0) is 9.59 Å². The summed E-state index contributed by atoms with van der Waals surface area (Å²) < 4.78 is 5.65. The van der Waals surface area contributed by atoms with Crippen LogP contribution in [0.5, 0.6) is 5.75 Å². The summed E-state index contributed by atoms with van der Waals surface area (Å²) in [4.78, 5) is 40.1. The topological polar surface area (TPSA) is 90.9 Å². The van der Waals surface area contributed by atoms with Crippen LogP contribution in [0.2, 0.25) is 0 Å². The molecule has 0 aliphatic carbocycles. The minimum atomic E-state index is -0.343. The Balaban J connectivity index is 1.22. The number of piperazine rings is 1. The van der Waals surface area contributed by atoms with E-state index >= 15 is 0 Å². The van der Waals surface area contributed by atoms with Gasteiger partial charge in [0.25, 0.3) is 0 Å². The van der Waals surface area contributed by atoms with Gasteiger partial charge in [-0.05, 0) is 25.1 Å². The van der Waals surface area contributed by atoms with Gasteiger partial charge >= 0.3 is 0 Å². The third-order valence-electron chi connectivity index (χ3n) is 5.89. The monoisotopic (exact) mass is 438 g/mol. The van der Waals surface area contributed by atoms with E-state index in [9.17, 15) is 9.59 Å². The molecule has 2 aliphatic heterocycles. The second-order valence-electron chi connectivity index (χ2n) is 7.97. The van der Waals surface area contributed by atoms with Gasteiger partial charge in [0, 0.05) is 64.6 Å². The Morgan fingerprint density at radius 1 is 1.12 bits per heavy atom. The number of amides is 2. The molecular formula is C23H30N6O3. The van der Waals surface area contributed by atoms with Gasteiger partial charge in [-0.25, -0.2) is 9.97 Å². The maximum absolute atomic E-state index is 12.7. The molecular weight excluding hydrogens is 408 g/mol. The van der Waals surface area contributed by atoms with Crippen molar-refractivity contribution in [3.05, 3.63) is 42.7 Å². The van der Waals surface area contributed by atoms with Crippen LogP contribution < -0.4 is 19.9 Å². The lowest BCUT2D eigenvalue weighted by Crippen LogP contribution is -2.49. The number of hydrogen-bond donors (Lipinski definition) is 1. The Labute approximate surface area is 188 Å². The van der Waals surface area contributed by atoms with Crippen LogP contribution in [0.25, 0.3) is 0 Å². The van der Waals surface area contributed by atoms with Gasteiger partial charge in [-0.3, -0.25) is 14.5 Å². The first-order valence-corrected chi connectivity index (χ1v) is 11.2. The minimum Gasteiger partial charge on any atom is -0.492 e. The Morgan fingerprint density at radius 2 is 1.88 bits per heavy atom. The van der Waals surface area contributed by atoms with E-state index in [0.717, 1.165) is 44.4 Å². The number of carbonyl (C=O) groups is 2. The van der Waals surface area contributed by atoms with Crippen LogP contribution >= 0.6 is 0 Å². The van der Waals surface area contributed by atoms with Gasteiger partial charge in [0.1, 0.15) is 5.75 Å². The van der Waals surface area contributed by atoms with Crippen molar-refractivity contribution in [1.29, 1.82) is 0 Å². The fourth-order valence-electron chi connectivity index (χ4n) is 4.18. The van der Waals surface area contributed by atoms with Crippen molar-refractivity contribution in [3.8, 4) is 5.75 Å². The zero-order valence-electron chi connectivity index (χ0n) is 18.4. The summed E-state index contributed by atoms with van der Waals surface area (Å²) >= 11 is 0. The summed E-state index contributed by atoms with van der Waals surface area (Å²) in [6, 6.07) is 9.29. The molecule has 1 N–H and O–H groups in total. The minimum absolute atomic E-state index is 0.0449. The third kappa shape index (κ3) is 5.16. The number of para-hydroxylation sites is 2. The fraction of sp³-hybridized carbons (Fsp3) is 0.478. The number of rotatable bonds is 8. The van der Waals surface area contributed by atoms with E-state index in [1.54, 1.807) is 17.3 Å². The first-order chi connectivity index (χ1) is 15.7. The molecule has 2 fully saturated rings. The summed E-state index contributed by atoms with van der Waals surface area (Å²) in [6.45, 7) is 7.70. The lowest BCUT2D eigenvalue weighted by molar-refractivity contribution is -0.126. The lowest BCUT2D eigenvalue weighted by atomic mass is 10.1. The Hall–Kier alpha value is -3.20. The van der Waals surface area contributed by atoms with Crippen molar-refractivity contribution >= 4 is 23.5 Å². The standard InChI is InChI=1S/C23H30N6O3/c1-2-32-20-7-4-3-6-19(20)29-17-18(16-21(29)30)22(31)24-10-11-27-12-14-28(15-13-27)23-25-8-5-9-26-23/h3-9,18H,2,10-17H2,1H3,(H,24,31). The molecule has 3 heterocycles. The van der Waals surface area contributed by atoms with Crippen molar-refractivity contribution in [1.82, 2.24) is 20.2 Å². The molecule has 2 aliphatic rings. The molecule has 4 rings (SSSR count). The first-order valence-electron chi connectivity index (χ1n) is 11.2. The molecule has 1 unspecified atom stereocenters. The second kappa shape index (κ2) is 10.4. The van der Waals surface area contributed by atoms with Crippen molar-refractivity contribution in [3.63, 3.8) is 0 Å². The largest absolute Gasteiger partial charge is 0.492 e. The second-order valence-corrected chi connectivity index (χ2v) is 7.97. The smallest absolute Gasteiger partial charge is 0.227 e. The number of ether oxygens (including phenoxy) is 1. The van der Waals surface area contributed by atoms with E-state index in [2.05, 4.69) is 25.1 Å². The molecule has 1 aromatic carbocycles. The fourth-order valence-corrected chi connectivity index (χ4v) is 4.18. The summed E-state index contributed by atoms with van der Waals surface area (Å²) in [7, 11) is 0. The van der Waals surface area contributed by atoms with E-state index in [1.807, 2.05) is 37.3 Å². The molecule has 0 saturated carbocycles. The van der Waals surface area contributed by atoms with Gasteiger partial charge in [0.05, 0.1) is 18.2 Å². The highest BCUT2D eigenvalue weighted by Crippen LogP contribution is 2.33. The molecule has 2 saturated heterocycles. The summed E-state index contributed by atoms with van der Waals surface area (Å²) in [5.41, 5.74) is 0.731. The number of nitrogens with one attached hydrogen (secondary N) is 1. The molecule has 2 aromatic rings. The number of aromatic nitrogens is 2. The zero-order chi connectivity index (χ0) is 22.3. The molecule has 170 valence electrons. The van der Waals surface area contributed by atoms with Crippen molar-refractivity contribution in [2.75, 3.05) is 62.2 Å². The van der Waals surface area contributed by atoms with E-state index in [4.69, 9.17) is 4.74 Å². The molecule has 2 amide bonds. The normalized spacial score (nSPS) is 19.3. The van der Waals surface area contributed by atoms with Crippen LogP contribution in [0.3, 0.4) is 0 Å². The van der Waals surface area contributed by atoms with Crippen LogP contribution in [-0.4, -0.2) is 79.1 Å². The van der Waals surface area contributed by atoms with Crippen molar-refractivity contribution < 1.29 is 14.3 Å². The predicted octanol–water partition coefficient (Wildman–Crippen LogP) is 1.17. The molecule has 1 atom stereocenters. The Kier molecular flexibility index (Phi) is 7.16. The van der Waals surface area contributed by atoms with Gasteiger partial charge in [-0.1, -0.05) is 12.1 Å². The highest BCUT2D eigenvalue weighted by molar-refractivity contribution is 6.01. The van der Waals surface area contributed by atoms with Gasteiger partial charge in [0.15, 0.2) is 0 Å². The third-order valence-corrected chi connectivity index (χ3v) is 5.89. The molecule has 9 heteroatoms. The molecule has 0 spiro atoms. The highest BCUT2D eigenvalue weighted by Gasteiger charge is 2.36. The van der Waals surface area contributed by atoms with E-state index in [-0.39, 0.29) is 24.2 Å². The quantitative estimate of drug-likeness (QED) is 0.662. The average molecular weight is 439 g/mol. The average Bonchev–Trinajstić information content (AvgIpc) is 3.22. The Bertz CT molecular complexity index is 917. The highest BCUT2D eigenvalue weighted by atomic mass is 16.5. The van der Waals surface area contributed by atoms with Gasteiger partial charge in [0.2, 0.25) is 17.8 Å². The van der Waals surface area contributed by atoms with Gasteiger partial charge in [-0.2, -0.15) is 0 Å². The van der Waals surface area contributed by atoms with Crippen LogP contribution in [0.15, 0.2) is 42.7 Å². The molecule has 9 nitrogen and oxygen atoms in total. The molecule has 32 heavy (non-hydrogen) atoms. The maximum atomic E-state index is 12.7. The number of carbonyl (C=O) groups excluding carboxylic acids is 2. The number of hydrogen-bond acceptors (Lipinski definition) is 7. The summed E-state index contributed by atoms with van der Waals surface area (Å²) in [6.07, 6.45) is 3.74. The first kappa shape index (κ1) is 22.0. The van der Waals surface area contributed by atoms with Gasteiger partial charge in [-0.15, -0.1) is 0 Å². The summed E-state index contributed by atoms with van der Waals surface area (Å²) in [5.74, 6) is 0.984. The molecule has 1 aromatic heterocycles. The van der Waals surface area contributed by atoms with Crippen molar-refractivity contribution in [2.45, 2.75) is 13.3 Å². The van der Waals surface area contributed by atoms with Gasteiger partial charge < -0.3 is 19.9 Å². The maximum Gasteiger partial charge on any atom is 0.227 e. The zero-order valence-corrected chi connectivity index (χ0v) is 18.4. The van der Waals surface area contributed by atoms with Crippen molar-refractivity contribution in [2.24, 2.45) is 5.92 Å². The predicted molar refractivity (Wildman–Crippen MR) is 122 cm³/mol. The Morgan fingerprint density at radius 3 is 2.62 bits per heavy atom. The molecule has 0 radical (unpaired) electrons. The number of benzene rings is 1. The molecule has 0 bridgehead atoms. The van der Waals surface area contributed by atoms with E-state index < -0.39 is 0 Å². The van der Waals surface area contributed by atoms with E-state index in [1.165, 1.54) is 0 Å². The van der Waals surface area contributed by atoms with E-state index in [0.29, 0.717) is 25.4 Å². The van der Waals surface area contributed by atoms with Crippen LogP contribution in [0.4, 0.5) is 11.6 Å². The number of nitrogens with zero attached hydrogens (tertiary/aromatic N) is 5. The SMILES string of the molecule is CCOc1ccccc1N1CC(C(=O)NCCN2CCN(c3ncccn3)CC2)CC1=O.